The molecule has 0 fully saturated rings. The molecule has 0 aliphatic rings. The highest BCUT2D eigenvalue weighted by molar-refractivity contribution is 7.99. The van der Waals surface area contributed by atoms with Crippen molar-refractivity contribution in [3.05, 3.63) is 51.0 Å². The number of rotatable bonds is 5. The van der Waals surface area contributed by atoms with Gasteiger partial charge in [0.2, 0.25) is 0 Å². The third-order valence-electron chi connectivity index (χ3n) is 4.23. The molecule has 1 N–H and O–H groups in total. The summed E-state index contributed by atoms with van der Waals surface area (Å²) in [5, 5.41) is 9.31. The first-order chi connectivity index (χ1) is 13.5. The van der Waals surface area contributed by atoms with Gasteiger partial charge in [-0.15, -0.1) is 21.5 Å². The Kier molecular flexibility index (Phi) is 4.90. The normalized spacial score (nSPS) is 12.5. The number of fused-ring (bicyclic) bond motifs is 2. The Bertz CT molecular complexity index is 1240. The number of pyridine rings is 1. The molecule has 144 valence electrons. The highest BCUT2D eigenvalue weighted by atomic mass is 32.2. The minimum atomic E-state index is -0.429. The van der Waals surface area contributed by atoms with E-state index in [0.29, 0.717) is 31.6 Å². The van der Waals surface area contributed by atoms with Crippen molar-refractivity contribution in [1.29, 1.82) is 0 Å². The molecule has 4 rings (SSSR count). The summed E-state index contributed by atoms with van der Waals surface area (Å²) in [6.07, 6.45) is 1.89. The van der Waals surface area contributed by atoms with E-state index in [1.807, 2.05) is 35.7 Å². The zero-order chi connectivity index (χ0) is 19.8. The number of hydrogen-bond acceptors (Lipinski definition) is 8. The van der Waals surface area contributed by atoms with E-state index >= 15 is 0 Å². The van der Waals surface area contributed by atoms with E-state index in [9.17, 15) is 9.59 Å². The van der Waals surface area contributed by atoms with Crippen molar-refractivity contribution in [3.8, 4) is 0 Å². The van der Waals surface area contributed by atoms with Gasteiger partial charge in [0.25, 0.3) is 5.56 Å². The average Bonchev–Trinajstić information content (AvgIpc) is 3.23. The second-order valence-electron chi connectivity index (χ2n) is 6.08. The Labute approximate surface area is 168 Å². The fourth-order valence-corrected chi connectivity index (χ4v) is 4.84. The van der Waals surface area contributed by atoms with E-state index in [0.717, 1.165) is 5.65 Å². The fraction of sp³-hybridized carbons (Fsp3) is 0.278. The van der Waals surface area contributed by atoms with Gasteiger partial charge in [0.1, 0.15) is 15.5 Å². The first kappa shape index (κ1) is 18.6. The first-order valence-electron chi connectivity index (χ1n) is 8.66. The van der Waals surface area contributed by atoms with Gasteiger partial charge in [0, 0.05) is 6.20 Å². The van der Waals surface area contributed by atoms with E-state index in [1.54, 1.807) is 13.8 Å². The Hall–Kier alpha value is -2.72. The molecule has 0 aliphatic carbocycles. The Morgan fingerprint density at radius 2 is 2.21 bits per heavy atom. The molecule has 0 amide bonds. The van der Waals surface area contributed by atoms with E-state index in [-0.39, 0.29) is 17.4 Å². The third kappa shape index (κ3) is 3.18. The summed E-state index contributed by atoms with van der Waals surface area (Å²) in [5.41, 5.74) is 1.09. The molecule has 0 saturated heterocycles. The van der Waals surface area contributed by atoms with Crippen LogP contribution in [-0.4, -0.2) is 37.1 Å². The van der Waals surface area contributed by atoms with Crippen LogP contribution in [0.3, 0.4) is 0 Å². The number of thiophene rings is 1. The minimum Gasteiger partial charge on any atom is -0.462 e. The second kappa shape index (κ2) is 7.36. The SMILES string of the molecule is CCOC(=O)c1sc2nc([C@@H](C)Sc3nnc4ccccn34)[nH]c(=O)c2c1C. The lowest BCUT2D eigenvalue weighted by Crippen LogP contribution is -2.13. The number of esters is 1. The van der Waals surface area contributed by atoms with Gasteiger partial charge in [-0.2, -0.15) is 0 Å². The zero-order valence-electron chi connectivity index (χ0n) is 15.4. The van der Waals surface area contributed by atoms with Crippen LogP contribution in [0.5, 0.6) is 0 Å². The van der Waals surface area contributed by atoms with Crippen molar-refractivity contribution in [1.82, 2.24) is 24.6 Å². The van der Waals surface area contributed by atoms with Gasteiger partial charge in [-0.1, -0.05) is 17.8 Å². The van der Waals surface area contributed by atoms with Crippen molar-refractivity contribution in [3.63, 3.8) is 0 Å². The number of nitrogens with one attached hydrogen (secondary N) is 1. The number of carbonyl (C=O) groups is 1. The van der Waals surface area contributed by atoms with Crippen LogP contribution in [0.4, 0.5) is 0 Å². The second-order valence-corrected chi connectivity index (χ2v) is 8.39. The Morgan fingerprint density at radius 1 is 1.39 bits per heavy atom. The molecule has 0 saturated carbocycles. The topological polar surface area (TPSA) is 102 Å². The molecule has 0 unspecified atom stereocenters. The summed E-state index contributed by atoms with van der Waals surface area (Å²) in [6.45, 7) is 5.70. The van der Waals surface area contributed by atoms with Gasteiger partial charge < -0.3 is 9.72 Å². The van der Waals surface area contributed by atoms with E-state index in [4.69, 9.17) is 4.74 Å². The quantitative estimate of drug-likeness (QED) is 0.394. The van der Waals surface area contributed by atoms with Crippen molar-refractivity contribution in [2.45, 2.75) is 31.2 Å². The maximum absolute atomic E-state index is 12.6. The van der Waals surface area contributed by atoms with Gasteiger partial charge >= 0.3 is 5.97 Å². The van der Waals surface area contributed by atoms with Gasteiger partial charge in [0.15, 0.2) is 10.8 Å². The lowest BCUT2D eigenvalue weighted by molar-refractivity contribution is 0.0531. The number of nitrogens with zero attached hydrogens (tertiary/aromatic N) is 4. The molecule has 28 heavy (non-hydrogen) atoms. The van der Waals surface area contributed by atoms with Crippen LogP contribution in [0, 0.1) is 6.92 Å². The highest BCUT2D eigenvalue weighted by Gasteiger charge is 2.22. The number of aromatic nitrogens is 5. The summed E-state index contributed by atoms with van der Waals surface area (Å²) in [6, 6.07) is 5.68. The molecule has 10 heteroatoms. The molecule has 0 aliphatic heterocycles. The first-order valence-corrected chi connectivity index (χ1v) is 10.4. The van der Waals surface area contributed by atoms with Crippen LogP contribution < -0.4 is 5.56 Å². The summed E-state index contributed by atoms with van der Waals surface area (Å²) < 4.78 is 6.96. The minimum absolute atomic E-state index is 0.168. The summed E-state index contributed by atoms with van der Waals surface area (Å²) in [5.74, 6) is 0.0909. The van der Waals surface area contributed by atoms with Gasteiger partial charge in [-0.3, -0.25) is 9.20 Å². The van der Waals surface area contributed by atoms with Crippen molar-refractivity contribution in [2.75, 3.05) is 6.61 Å². The smallest absolute Gasteiger partial charge is 0.348 e. The third-order valence-corrected chi connectivity index (χ3v) is 6.46. The van der Waals surface area contributed by atoms with Gasteiger partial charge in [0.05, 0.1) is 17.2 Å². The molecule has 4 aromatic heterocycles. The lowest BCUT2D eigenvalue weighted by Gasteiger charge is -2.09. The number of ether oxygens (including phenoxy) is 1. The van der Waals surface area contributed by atoms with Gasteiger partial charge in [-0.05, 0) is 38.5 Å². The highest BCUT2D eigenvalue weighted by Crippen LogP contribution is 2.34. The van der Waals surface area contributed by atoms with Crippen LogP contribution in [0.15, 0.2) is 34.3 Å². The predicted octanol–water partition coefficient (Wildman–Crippen LogP) is 3.37. The van der Waals surface area contributed by atoms with Crippen molar-refractivity contribution in [2.24, 2.45) is 0 Å². The summed E-state index contributed by atoms with van der Waals surface area (Å²) in [7, 11) is 0. The number of thioether (sulfide) groups is 1. The molecule has 1 atom stereocenters. The molecule has 4 heterocycles. The number of H-pyrrole nitrogens is 1. The Morgan fingerprint density at radius 3 is 3.00 bits per heavy atom. The number of hydrogen-bond donors (Lipinski definition) is 1. The Balaban J connectivity index is 1.70. The van der Waals surface area contributed by atoms with Crippen LogP contribution >= 0.6 is 23.1 Å². The van der Waals surface area contributed by atoms with Crippen molar-refractivity contribution >= 4 is 44.9 Å². The van der Waals surface area contributed by atoms with Gasteiger partial charge in [-0.25, -0.2) is 9.78 Å². The monoisotopic (exact) mass is 415 g/mol. The number of aryl methyl sites for hydroxylation is 1. The molecule has 0 bridgehead atoms. The molecular weight excluding hydrogens is 398 g/mol. The standard InChI is InChI=1S/C18H17N5O3S2/c1-4-26-17(25)13-9(2)12-15(24)19-14(20-16(12)28-13)10(3)27-18-22-21-11-7-5-6-8-23(11)18/h5-8,10H,4H2,1-3H3,(H,19,20,24)/t10-/m1/s1. The van der Waals surface area contributed by atoms with E-state index in [1.165, 1.54) is 23.1 Å². The molecule has 8 nitrogen and oxygen atoms in total. The maximum atomic E-state index is 12.6. The van der Waals surface area contributed by atoms with Crippen LogP contribution in [0.2, 0.25) is 0 Å². The predicted molar refractivity (Wildman–Crippen MR) is 108 cm³/mol. The van der Waals surface area contributed by atoms with Crippen LogP contribution in [0.1, 0.15) is 40.2 Å². The molecule has 4 aromatic rings. The van der Waals surface area contributed by atoms with Crippen molar-refractivity contribution < 1.29 is 9.53 Å². The number of aromatic amines is 1. The summed E-state index contributed by atoms with van der Waals surface area (Å²) in [4.78, 5) is 33.2. The molecule has 0 spiro atoms. The zero-order valence-corrected chi connectivity index (χ0v) is 17.1. The average molecular weight is 416 g/mol. The molecular formula is C18H17N5O3S2. The number of carbonyl (C=O) groups excluding carboxylic acids is 1. The lowest BCUT2D eigenvalue weighted by atomic mass is 10.2. The summed E-state index contributed by atoms with van der Waals surface area (Å²) >= 11 is 2.63. The van der Waals surface area contributed by atoms with E-state index in [2.05, 4.69) is 20.2 Å². The fourth-order valence-electron chi connectivity index (χ4n) is 2.86. The van der Waals surface area contributed by atoms with Crippen LogP contribution in [0.25, 0.3) is 15.9 Å². The van der Waals surface area contributed by atoms with Crippen LogP contribution in [-0.2, 0) is 4.74 Å². The molecule has 0 aromatic carbocycles. The van der Waals surface area contributed by atoms with E-state index < -0.39 is 5.97 Å². The largest absolute Gasteiger partial charge is 0.462 e. The maximum Gasteiger partial charge on any atom is 0.348 e. The molecule has 0 radical (unpaired) electrons.